The SMILES string of the molecule is CCN(CC)CCCC(C)NC(=O)CN(Cc1ccccc1)c1nc(Cc2ccc(Cl)cc2)ns1. The second-order valence-electron chi connectivity index (χ2n) is 8.78. The van der Waals surface area contributed by atoms with Crippen LogP contribution in [0.2, 0.25) is 5.02 Å². The zero-order valence-corrected chi connectivity index (χ0v) is 22.5. The third-order valence-electron chi connectivity index (χ3n) is 5.97. The summed E-state index contributed by atoms with van der Waals surface area (Å²) in [5.74, 6) is 0.751. The van der Waals surface area contributed by atoms with Gasteiger partial charge in [-0.1, -0.05) is 67.9 Å². The van der Waals surface area contributed by atoms with Gasteiger partial charge in [-0.25, -0.2) is 4.98 Å². The fourth-order valence-corrected chi connectivity index (χ4v) is 4.76. The molecule has 188 valence electrons. The van der Waals surface area contributed by atoms with Crippen LogP contribution in [0.15, 0.2) is 54.6 Å². The smallest absolute Gasteiger partial charge is 0.239 e. The number of rotatable bonds is 14. The fraction of sp³-hybridized carbons (Fsp3) is 0.444. The number of carbonyl (C=O) groups excluding carboxylic acids is 1. The number of amides is 1. The van der Waals surface area contributed by atoms with E-state index in [1.165, 1.54) is 11.5 Å². The molecule has 0 aliphatic rings. The highest BCUT2D eigenvalue weighted by Gasteiger charge is 2.18. The van der Waals surface area contributed by atoms with Crippen LogP contribution in [-0.2, 0) is 17.8 Å². The van der Waals surface area contributed by atoms with E-state index in [0.717, 1.165) is 54.6 Å². The second kappa shape index (κ2) is 14.2. The molecule has 3 rings (SSSR count). The maximum Gasteiger partial charge on any atom is 0.239 e. The Kier molecular flexibility index (Phi) is 11.0. The monoisotopic (exact) mass is 513 g/mol. The number of benzene rings is 2. The summed E-state index contributed by atoms with van der Waals surface area (Å²) in [6.45, 7) is 10.5. The molecule has 1 atom stereocenters. The van der Waals surface area contributed by atoms with Crippen molar-refractivity contribution in [3.63, 3.8) is 0 Å². The Morgan fingerprint density at radius 1 is 1.06 bits per heavy atom. The first-order valence-electron chi connectivity index (χ1n) is 12.3. The Hall–Kier alpha value is -2.48. The predicted octanol–water partition coefficient (Wildman–Crippen LogP) is 5.42. The predicted molar refractivity (Wildman–Crippen MR) is 146 cm³/mol. The number of aromatic nitrogens is 2. The second-order valence-corrected chi connectivity index (χ2v) is 9.94. The maximum atomic E-state index is 12.9. The minimum absolute atomic E-state index is 0.00530. The van der Waals surface area contributed by atoms with Crippen molar-refractivity contribution >= 4 is 34.2 Å². The molecule has 1 N–H and O–H groups in total. The van der Waals surface area contributed by atoms with Crippen molar-refractivity contribution in [3.05, 3.63) is 76.6 Å². The summed E-state index contributed by atoms with van der Waals surface area (Å²) in [5.41, 5.74) is 2.23. The van der Waals surface area contributed by atoms with Crippen molar-refractivity contribution in [2.75, 3.05) is 31.1 Å². The van der Waals surface area contributed by atoms with Gasteiger partial charge in [0, 0.05) is 35.6 Å². The van der Waals surface area contributed by atoms with Gasteiger partial charge in [0.25, 0.3) is 0 Å². The lowest BCUT2D eigenvalue weighted by Gasteiger charge is -2.23. The van der Waals surface area contributed by atoms with Crippen LogP contribution in [0.4, 0.5) is 5.13 Å². The van der Waals surface area contributed by atoms with Crippen molar-refractivity contribution in [1.29, 1.82) is 0 Å². The van der Waals surface area contributed by atoms with Crippen LogP contribution >= 0.6 is 23.1 Å². The van der Waals surface area contributed by atoms with Crippen molar-refractivity contribution in [1.82, 2.24) is 19.6 Å². The van der Waals surface area contributed by atoms with Crippen molar-refractivity contribution in [2.24, 2.45) is 0 Å². The van der Waals surface area contributed by atoms with Gasteiger partial charge in [0.15, 0.2) is 0 Å². The molecule has 6 nitrogen and oxygen atoms in total. The largest absolute Gasteiger partial charge is 0.352 e. The molecule has 0 fully saturated rings. The molecule has 1 aromatic heterocycles. The summed E-state index contributed by atoms with van der Waals surface area (Å²) in [6, 6.07) is 18.0. The highest BCUT2D eigenvalue weighted by atomic mass is 35.5. The third kappa shape index (κ3) is 9.24. The van der Waals surface area contributed by atoms with Crippen LogP contribution < -0.4 is 10.2 Å². The lowest BCUT2D eigenvalue weighted by molar-refractivity contribution is -0.120. The number of carbonyl (C=O) groups is 1. The van der Waals surface area contributed by atoms with Gasteiger partial charge < -0.3 is 15.1 Å². The van der Waals surface area contributed by atoms with E-state index < -0.39 is 0 Å². The topological polar surface area (TPSA) is 61.4 Å². The van der Waals surface area contributed by atoms with E-state index in [0.29, 0.717) is 18.0 Å². The van der Waals surface area contributed by atoms with Crippen molar-refractivity contribution in [3.8, 4) is 0 Å². The number of hydrogen-bond acceptors (Lipinski definition) is 6. The number of nitrogens with zero attached hydrogens (tertiary/aromatic N) is 4. The highest BCUT2D eigenvalue weighted by molar-refractivity contribution is 7.09. The standard InChI is InChI=1S/C27H36ClN5OS/c1-4-32(5-2)17-9-10-21(3)29-26(34)20-33(19-23-11-7-6-8-12-23)27-30-25(31-35-27)18-22-13-15-24(28)16-14-22/h6-8,11-16,21H,4-5,9-10,17-20H2,1-3H3,(H,29,34). The van der Waals surface area contributed by atoms with Crippen LogP contribution in [0.25, 0.3) is 0 Å². The molecule has 8 heteroatoms. The van der Waals surface area contributed by atoms with Gasteiger partial charge in [0.2, 0.25) is 11.0 Å². The third-order valence-corrected chi connectivity index (χ3v) is 7.03. The molecule has 0 bridgehead atoms. The zero-order chi connectivity index (χ0) is 25.0. The van der Waals surface area contributed by atoms with Gasteiger partial charge in [-0.15, -0.1) is 0 Å². The van der Waals surface area contributed by atoms with Crippen molar-refractivity contribution in [2.45, 2.75) is 52.6 Å². The van der Waals surface area contributed by atoms with Gasteiger partial charge in [-0.2, -0.15) is 4.37 Å². The first-order chi connectivity index (χ1) is 17.0. The molecular weight excluding hydrogens is 478 g/mol. The summed E-state index contributed by atoms with van der Waals surface area (Å²) in [4.78, 5) is 22.1. The molecule has 1 heterocycles. The zero-order valence-electron chi connectivity index (χ0n) is 20.9. The van der Waals surface area contributed by atoms with Crippen LogP contribution in [0.1, 0.15) is 50.6 Å². The summed E-state index contributed by atoms with van der Waals surface area (Å²) in [5, 5.41) is 4.64. The first kappa shape index (κ1) is 27.1. The van der Waals surface area contributed by atoms with Gasteiger partial charge in [0.05, 0.1) is 6.54 Å². The summed E-state index contributed by atoms with van der Waals surface area (Å²) < 4.78 is 4.56. The molecule has 1 unspecified atom stereocenters. The first-order valence-corrected chi connectivity index (χ1v) is 13.5. The van der Waals surface area contributed by atoms with Gasteiger partial charge >= 0.3 is 0 Å². The molecule has 35 heavy (non-hydrogen) atoms. The van der Waals surface area contributed by atoms with E-state index in [2.05, 4.69) is 47.5 Å². The van der Waals surface area contributed by atoms with E-state index in [4.69, 9.17) is 16.6 Å². The van der Waals surface area contributed by atoms with Gasteiger partial charge in [-0.3, -0.25) is 4.79 Å². The average Bonchev–Trinajstić information content (AvgIpc) is 3.32. The average molecular weight is 514 g/mol. The van der Waals surface area contributed by atoms with Crippen LogP contribution in [0, 0.1) is 0 Å². The van der Waals surface area contributed by atoms with Crippen molar-refractivity contribution < 1.29 is 4.79 Å². The van der Waals surface area contributed by atoms with Gasteiger partial charge in [-0.05, 0) is 62.7 Å². The van der Waals surface area contributed by atoms with E-state index in [9.17, 15) is 4.79 Å². The molecule has 1 amide bonds. The van der Waals surface area contributed by atoms with Crippen LogP contribution in [-0.4, -0.2) is 52.4 Å². The molecule has 3 aromatic rings. The number of halogens is 1. The molecule has 2 aromatic carbocycles. The Balaban J connectivity index is 1.62. The van der Waals surface area contributed by atoms with E-state index in [1.54, 1.807) is 0 Å². The quantitative estimate of drug-likeness (QED) is 0.312. The number of nitrogens with one attached hydrogen (secondary N) is 1. The molecule has 0 saturated carbocycles. The molecular formula is C27H36ClN5OS. The molecule has 0 radical (unpaired) electrons. The Morgan fingerprint density at radius 2 is 1.77 bits per heavy atom. The minimum Gasteiger partial charge on any atom is -0.352 e. The lowest BCUT2D eigenvalue weighted by Crippen LogP contribution is -2.41. The molecule has 0 saturated heterocycles. The summed E-state index contributed by atoms with van der Waals surface area (Å²) in [6.07, 6.45) is 2.66. The van der Waals surface area contributed by atoms with Crippen LogP contribution in [0.3, 0.4) is 0 Å². The minimum atomic E-state index is 0.00530. The van der Waals surface area contributed by atoms with Crippen LogP contribution in [0.5, 0.6) is 0 Å². The number of anilines is 1. The Morgan fingerprint density at radius 3 is 2.46 bits per heavy atom. The van der Waals surface area contributed by atoms with E-state index >= 15 is 0 Å². The molecule has 0 spiro atoms. The number of hydrogen-bond donors (Lipinski definition) is 1. The van der Waals surface area contributed by atoms with Gasteiger partial charge in [0.1, 0.15) is 5.82 Å². The molecule has 0 aliphatic heterocycles. The summed E-state index contributed by atoms with van der Waals surface area (Å²) in [7, 11) is 0. The summed E-state index contributed by atoms with van der Waals surface area (Å²) >= 11 is 7.34. The van der Waals surface area contributed by atoms with E-state index in [-0.39, 0.29) is 18.5 Å². The highest BCUT2D eigenvalue weighted by Crippen LogP contribution is 2.22. The Bertz CT molecular complexity index is 1020. The fourth-order valence-electron chi connectivity index (χ4n) is 3.95. The maximum absolute atomic E-state index is 12.9. The molecule has 0 aliphatic carbocycles. The normalized spacial score (nSPS) is 12.0. The lowest BCUT2D eigenvalue weighted by atomic mass is 10.1. The van der Waals surface area contributed by atoms with E-state index in [1.807, 2.05) is 47.4 Å². The Labute approximate surface area is 218 Å².